The lowest BCUT2D eigenvalue weighted by molar-refractivity contribution is -0.137. The predicted octanol–water partition coefficient (Wildman–Crippen LogP) is 6.35. The van der Waals surface area contributed by atoms with E-state index in [0.717, 1.165) is 26.5 Å². The van der Waals surface area contributed by atoms with Crippen molar-refractivity contribution in [2.24, 2.45) is 0 Å². The van der Waals surface area contributed by atoms with Gasteiger partial charge < -0.3 is 5.32 Å². The molecule has 3 aromatic rings. The van der Waals surface area contributed by atoms with E-state index in [-0.39, 0.29) is 5.56 Å². The third-order valence-corrected chi connectivity index (χ3v) is 5.00. The Bertz CT molecular complexity index is 981. The molecule has 0 aliphatic carbocycles. The number of thiazole rings is 1. The Morgan fingerprint density at radius 2 is 1.85 bits per heavy atom. The van der Waals surface area contributed by atoms with Gasteiger partial charge in [0.2, 0.25) is 0 Å². The van der Waals surface area contributed by atoms with Gasteiger partial charge in [-0.05, 0) is 57.9 Å². The fourth-order valence-electron chi connectivity index (χ4n) is 2.24. The highest BCUT2D eigenvalue weighted by Gasteiger charge is 2.30. The SMILES string of the molecule is O=C(Nc1ccc(C=Cc2cnc(Br)s2)cc1)c1cccc(C(F)(F)F)c1. The fourth-order valence-corrected chi connectivity index (χ4v) is 3.44. The van der Waals surface area contributed by atoms with Gasteiger partial charge in [-0.25, -0.2) is 4.98 Å². The molecule has 1 heterocycles. The first-order valence-corrected chi connectivity index (χ1v) is 9.30. The first-order chi connectivity index (χ1) is 12.8. The second kappa shape index (κ2) is 8.06. The highest BCUT2D eigenvalue weighted by Crippen LogP contribution is 2.29. The molecule has 0 saturated carbocycles. The number of alkyl halides is 3. The number of aromatic nitrogens is 1. The maximum atomic E-state index is 12.8. The molecule has 0 bridgehead atoms. The third-order valence-electron chi connectivity index (χ3n) is 3.56. The number of amides is 1. The molecular formula is C19H12BrF3N2OS. The van der Waals surface area contributed by atoms with Crippen molar-refractivity contribution >= 4 is 51.0 Å². The molecule has 1 amide bonds. The summed E-state index contributed by atoms with van der Waals surface area (Å²) < 4.78 is 39.1. The largest absolute Gasteiger partial charge is 0.416 e. The summed E-state index contributed by atoms with van der Waals surface area (Å²) in [6.07, 6.45) is 1.07. The Labute approximate surface area is 165 Å². The second-order valence-electron chi connectivity index (χ2n) is 5.50. The summed E-state index contributed by atoms with van der Waals surface area (Å²) in [5.41, 5.74) is 0.501. The van der Waals surface area contributed by atoms with Gasteiger partial charge in [-0.1, -0.05) is 24.3 Å². The summed E-state index contributed by atoms with van der Waals surface area (Å²) in [6, 6.07) is 11.3. The molecular weight excluding hydrogens is 441 g/mol. The number of hydrogen-bond acceptors (Lipinski definition) is 3. The summed E-state index contributed by atoms with van der Waals surface area (Å²) in [5.74, 6) is -0.598. The Hall–Kier alpha value is -2.45. The van der Waals surface area contributed by atoms with Crippen LogP contribution >= 0.6 is 27.3 Å². The quantitative estimate of drug-likeness (QED) is 0.501. The van der Waals surface area contributed by atoms with Crippen LogP contribution in [-0.2, 0) is 6.18 Å². The van der Waals surface area contributed by atoms with Gasteiger partial charge in [0.25, 0.3) is 5.91 Å². The maximum Gasteiger partial charge on any atom is 0.416 e. The summed E-state index contributed by atoms with van der Waals surface area (Å²) in [5, 5.41) is 2.60. The topological polar surface area (TPSA) is 42.0 Å². The van der Waals surface area contributed by atoms with E-state index in [9.17, 15) is 18.0 Å². The van der Waals surface area contributed by atoms with Crippen molar-refractivity contribution in [3.8, 4) is 0 Å². The monoisotopic (exact) mass is 452 g/mol. The number of hydrogen-bond donors (Lipinski definition) is 1. The number of anilines is 1. The molecule has 138 valence electrons. The summed E-state index contributed by atoms with van der Waals surface area (Å²) in [7, 11) is 0. The van der Waals surface area contributed by atoms with Crippen LogP contribution in [0.3, 0.4) is 0 Å². The van der Waals surface area contributed by atoms with Crippen molar-refractivity contribution in [1.82, 2.24) is 4.98 Å². The number of nitrogens with one attached hydrogen (secondary N) is 1. The van der Waals surface area contributed by atoms with Crippen molar-refractivity contribution < 1.29 is 18.0 Å². The van der Waals surface area contributed by atoms with Gasteiger partial charge in [-0.15, -0.1) is 11.3 Å². The van der Waals surface area contributed by atoms with Gasteiger partial charge in [-0.2, -0.15) is 13.2 Å². The van der Waals surface area contributed by atoms with Crippen LogP contribution in [-0.4, -0.2) is 10.9 Å². The number of carbonyl (C=O) groups excluding carboxylic acids is 1. The molecule has 0 unspecified atom stereocenters. The molecule has 0 saturated heterocycles. The molecule has 0 aliphatic rings. The zero-order valence-corrected chi connectivity index (χ0v) is 16.0. The molecule has 0 aliphatic heterocycles. The van der Waals surface area contributed by atoms with Crippen LogP contribution in [0.25, 0.3) is 12.2 Å². The van der Waals surface area contributed by atoms with E-state index in [0.29, 0.717) is 5.69 Å². The molecule has 1 N–H and O–H groups in total. The van der Waals surface area contributed by atoms with Gasteiger partial charge in [-0.3, -0.25) is 4.79 Å². The van der Waals surface area contributed by atoms with E-state index in [1.807, 2.05) is 12.2 Å². The number of benzene rings is 2. The highest BCUT2D eigenvalue weighted by molar-refractivity contribution is 9.11. The highest BCUT2D eigenvalue weighted by atomic mass is 79.9. The minimum Gasteiger partial charge on any atom is -0.322 e. The van der Waals surface area contributed by atoms with Crippen LogP contribution in [0.5, 0.6) is 0 Å². The van der Waals surface area contributed by atoms with Crippen LogP contribution in [0.15, 0.2) is 58.6 Å². The summed E-state index contributed by atoms with van der Waals surface area (Å²) >= 11 is 4.80. The minimum atomic E-state index is -4.49. The molecule has 1 aromatic heterocycles. The van der Waals surface area contributed by atoms with E-state index in [1.54, 1.807) is 30.5 Å². The fraction of sp³-hybridized carbons (Fsp3) is 0.0526. The van der Waals surface area contributed by atoms with Crippen molar-refractivity contribution in [3.05, 3.63) is 80.2 Å². The Balaban J connectivity index is 1.67. The van der Waals surface area contributed by atoms with E-state index in [4.69, 9.17) is 0 Å². The summed E-state index contributed by atoms with van der Waals surface area (Å²) in [6.45, 7) is 0. The van der Waals surface area contributed by atoms with Crippen LogP contribution in [0.1, 0.15) is 26.4 Å². The predicted molar refractivity (Wildman–Crippen MR) is 105 cm³/mol. The summed E-state index contributed by atoms with van der Waals surface area (Å²) in [4.78, 5) is 17.3. The van der Waals surface area contributed by atoms with E-state index < -0.39 is 17.6 Å². The zero-order valence-electron chi connectivity index (χ0n) is 13.6. The van der Waals surface area contributed by atoms with E-state index in [1.165, 1.54) is 23.5 Å². The molecule has 3 rings (SSSR count). The number of carbonyl (C=O) groups is 1. The number of nitrogens with zero attached hydrogens (tertiary/aromatic N) is 1. The first-order valence-electron chi connectivity index (χ1n) is 7.69. The van der Waals surface area contributed by atoms with E-state index in [2.05, 4.69) is 26.2 Å². The molecule has 0 atom stereocenters. The third kappa shape index (κ3) is 5.27. The first kappa shape index (κ1) is 19.3. The van der Waals surface area contributed by atoms with E-state index >= 15 is 0 Å². The number of rotatable bonds is 4. The molecule has 27 heavy (non-hydrogen) atoms. The van der Waals surface area contributed by atoms with Crippen LogP contribution < -0.4 is 5.32 Å². The molecule has 0 fully saturated rings. The van der Waals surface area contributed by atoms with Crippen molar-refractivity contribution in [2.75, 3.05) is 5.32 Å². The van der Waals surface area contributed by atoms with Gasteiger partial charge in [0.1, 0.15) is 0 Å². The van der Waals surface area contributed by atoms with Crippen molar-refractivity contribution in [3.63, 3.8) is 0 Å². The molecule has 8 heteroatoms. The lowest BCUT2D eigenvalue weighted by atomic mass is 10.1. The Morgan fingerprint density at radius 1 is 1.11 bits per heavy atom. The van der Waals surface area contributed by atoms with Crippen molar-refractivity contribution in [2.45, 2.75) is 6.18 Å². The average molecular weight is 453 g/mol. The van der Waals surface area contributed by atoms with Crippen molar-refractivity contribution in [1.29, 1.82) is 0 Å². The lowest BCUT2D eigenvalue weighted by Crippen LogP contribution is -2.13. The van der Waals surface area contributed by atoms with Gasteiger partial charge in [0.05, 0.1) is 5.56 Å². The smallest absolute Gasteiger partial charge is 0.322 e. The molecule has 0 spiro atoms. The molecule has 2 aromatic carbocycles. The standard InChI is InChI=1S/C19H12BrF3N2OS/c20-18-24-11-16(27-18)9-6-12-4-7-15(8-5-12)25-17(26)13-2-1-3-14(10-13)19(21,22)23/h1-11H,(H,25,26). The van der Waals surface area contributed by atoms with Crippen LogP contribution in [0.2, 0.25) is 0 Å². The lowest BCUT2D eigenvalue weighted by Gasteiger charge is -2.09. The van der Waals surface area contributed by atoms with Gasteiger partial charge in [0, 0.05) is 22.3 Å². The maximum absolute atomic E-state index is 12.8. The molecule has 3 nitrogen and oxygen atoms in total. The minimum absolute atomic E-state index is 0.0513. The van der Waals surface area contributed by atoms with Gasteiger partial charge in [0.15, 0.2) is 3.92 Å². The second-order valence-corrected chi connectivity index (χ2v) is 7.84. The Morgan fingerprint density at radius 3 is 2.48 bits per heavy atom. The van der Waals surface area contributed by atoms with Crippen LogP contribution in [0, 0.1) is 0 Å². The molecule has 0 radical (unpaired) electrons. The average Bonchev–Trinajstić information content (AvgIpc) is 3.06. The Kier molecular flexibility index (Phi) is 5.76. The number of halogens is 4. The zero-order chi connectivity index (χ0) is 19.4. The van der Waals surface area contributed by atoms with Gasteiger partial charge >= 0.3 is 6.18 Å². The van der Waals surface area contributed by atoms with Crippen LogP contribution in [0.4, 0.5) is 18.9 Å². The normalized spacial score (nSPS) is 11.7.